The van der Waals surface area contributed by atoms with Gasteiger partial charge in [0, 0.05) is 19.3 Å². The van der Waals surface area contributed by atoms with Crippen LogP contribution in [0, 0.1) is 6.92 Å². The van der Waals surface area contributed by atoms with Gasteiger partial charge in [-0.15, -0.1) is 10.2 Å². The Balaban J connectivity index is 1.68. The van der Waals surface area contributed by atoms with Crippen molar-refractivity contribution in [1.82, 2.24) is 19.7 Å². The fourth-order valence-corrected chi connectivity index (χ4v) is 3.72. The quantitative estimate of drug-likeness (QED) is 0.750. The van der Waals surface area contributed by atoms with Crippen LogP contribution in [-0.2, 0) is 11.8 Å². The molecule has 1 aliphatic rings. The Labute approximate surface area is 145 Å². The summed E-state index contributed by atoms with van der Waals surface area (Å²) in [6.07, 6.45) is 7.03. The number of carbonyl (C=O) groups excluding carboxylic acids is 1. The summed E-state index contributed by atoms with van der Waals surface area (Å²) in [6, 6.07) is 1.88. The molecule has 0 fully saturated rings. The van der Waals surface area contributed by atoms with Crippen LogP contribution in [0.5, 0.6) is 0 Å². The lowest BCUT2D eigenvalue weighted by molar-refractivity contribution is -0.126. The van der Waals surface area contributed by atoms with E-state index in [9.17, 15) is 4.79 Å². The van der Waals surface area contributed by atoms with E-state index in [4.69, 9.17) is 4.42 Å². The summed E-state index contributed by atoms with van der Waals surface area (Å²) in [4.78, 5) is 14.4. The predicted octanol–water partition coefficient (Wildman–Crippen LogP) is 3.39. The highest BCUT2D eigenvalue weighted by molar-refractivity contribution is 7.99. The molecule has 24 heavy (non-hydrogen) atoms. The topological polar surface area (TPSA) is 64.2 Å². The zero-order valence-electron chi connectivity index (χ0n) is 14.3. The van der Waals surface area contributed by atoms with Crippen LogP contribution in [0.3, 0.4) is 0 Å². The lowest BCUT2D eigenvalue weighted by atomic mass is 10.2. The molecule has 1 amide bonds. The van der Waals surface area contributed by atoms with Crippen molar-refractivity contribution < 1.29 is 9.21 Å². The first-order valence-electron chi connectivity index (χ1n) is 8.17. The smallest absolute Gasteiger partial charge is 0.237 e. The normalized spacial score (nSPS) is 14.0. The number of allylic oxidation sites excluding steroid dienone is 2. The number of thioether (sulfide) groups is 1. The fourth-order valence-electron chi connectivity index (χ4n) is 2.93. The van der Waals surface area contributed by atoms with Crippen LogP contribution in [0.15, 0.2) is 33.7 Å². The summed E-state index contributed by atoms with van der Waals surface area (Å²) >= 11 is 1.42. The van der Waals surface area contributed by atoms with Gasteiger partial charge in [0.05, 0.1) is 17.6 Å². The summed E-state index contributed by atoms with van der Waals surface area (Å²) in [5.41, 5.74) is 2.09. The summed E-state index contributed by atoms with van der Waals surface area (Å²) in [5.74, 6) is 2.05. The Bertz CT molecular complexity index is 762. The summed E-state index contributed by atoms with van der Waals surface area (Å²) in [5, 5.41) is 9.18. The molecule has 1 aliphatic carbocycles. The molecule has 0 bridgehead atoms. The second kappa shape index (κ2) is 7.25. The van der Waals surface area contributed by atoms with E-state index in [0.717, 1.165) is 47.3 Å². The number of furan rings is 1. The van der Waals surface area contributed by atoms with Crippen molar-refractivity contribution in [2.75, 3.05) is 12.3 Å². The SMILES string of the molecule is CCN(C(=O)CSc1nnc(-c2ccoc2C)n1C)C1=CCCC1. The summed E-state index contributed by atoms with van der Waals surface area (Å²) < 4.78 is 7.23. The van der Waals surface area contributed by atoms with Gasteiger partial charge in [-0.25, -0.2) is 0 Å². The van der Waals surface area contributed by atoms with E-state index >= 15 is 0 Å². The maximum atomic E-state index is 12.5. The zero-order chi connectivity index (χ0) is 17.1. The van der Waals surface area contributed by atoms with Gasteiger partial charge in [-0.05, 0) is 39.2 Å². The largest absolute Gasteiger partial charge is 0.469 e. The minimum absolute atomic E-state index is 0.125. The number of hydrogen-bond acceptors (Lipinski definition) is 5. The standard InChI is InChI=1S/C17H22N4O2S/c1-4-21(13-7-5-6-8-13)15(22)11-24-17-19-18-16(20(17)3)14-9-10-23-12(14)2/h7,9-10H,4-6,8,11H2,1-3H3. The van der Waals surface area contributed by atoms with Gasteiger partial charge in [0.1, 0.15) is 5.76 Å². The van der Waals surface area contributed by atoms with Gasteiger partial charge < -0.3 is 13.9 Å². The number of aryl methyl sites for hydroxylation is 1. The van der Waals surface area contributed by atoms with E-state index in [1.165, 1.54) is 11.8 Å². The van der Waals surface area contributed by atoms with Gasteiger partial charge in [0.2, 0.25) is 5.91 Å². The maximum Gasteiger partial charge on any atom is 0.237 e. The second-order valence-electron chi connectivity index (χ2n) is 5.77. The van der Waals surface area contributed by atoms with E-state index in [0.29, 0.717) is 12.3 Å². The van der Waals surface area contributed by atoms with Crippen molar-refractivity contribution in [3.05, 3.63) is 29.9 Å². The van der Waals surface area contributed by atoms with Gasteiger partial charge in [-0.3, -0.25) is 4.79 Å². The second-order valence-corrected chi connectivity index (χ2v) is 6.71. The maximum absolute atomic E-state index is 12.5. The first-order chi connectivity index (χ1) is 11.6. The van der Waals surface area contributed by atoms with Crippen LogP contribution in [0.2, 0.25) is 0 Å². The Kier molecular flexibility index (Phi) is 5.08. The molecule has 0 saturated carbocycles. The van der Waals surface area contributed by atoms with Crippen molar-refractivity contribution in [1.29, 1.82) is 0 Å². The number of carbonyl (C=O) groups is 1. The molecule has 2 aromatic rings. The van der Waals surface area contributed by atoms with E-state index in [2.05, 4.69) is 16.3 Å². The fraction of sp³-hybridized carbons (Fsp3) is 0.471. The summed E-state index contributed by atoms with van der Waals surface area (Å²) in [7, 11) is 1.91. The lowest BCUT2D eigenvalue weighted by Gasteiger charge is -2.21. The van der Waals surface area contributed by atoms with Gasteiger partial charge in [-0.2, -0.15) is 0 Å². The minimum atomic E-state index is 0.125. The van der Waals surface area contributed by atoms with Gasteiger partial charge >= 0.3 is 0 Å². The third-order valence-electron chi connectivity index (χ3n) is 4.24. The third kappa shape index (κ3) is 3.26. The highest BCUT2D eigenvalue weighted by Gasteiger charge is 2.20. The molecule has 3 rings (SSSR count). The Morgan fingerprint density at radius 2 is 2.29 bits per heavy atom. The number of nitrogens with zero attached hydrogens (tertiary/aromatic N) is 4. The number of rotatable bonds is 6. The third-order valence-corrected chi connectivity index (χ3v) is 5.25. The molecule has 0 unspecified atom stereocenters. The van der Waals surface area contributed by atoms with Crippen molar-refractivity contribution in [3.8, 4) is 11.4 Å². The Morgan fingerprint density at radius 3 is 2.92 bits per heavy atom. The molecule has 0 aliphatic heterocycles. The Hall–Kier alpha value is -2.02. The molecule has 6 nitrogen and oxygen atoms in total. The molecule has 2 aromatic heterocycles. The Morgan fingerprint density at radius 1 is 1.46 bits per heavy atom. The molecule has 0 spiro atoms. The van der Waals surface area contributed by atoms with Gasteiger partial charge in [0.15, 0.2) is 11.0 Å². The minimum Gasteiger partial charge on any atom is -0.469 e. The van der Waals surface area contributed by atoms with Crippen LogP contribution in [0.25, 0.3) is 11.4 Å². The monoisotopic (exact) mass is 346 g/mol. The number of hydrogen-bond donors (Lipinski definition) is 0. The van der Waals surface area contributed by atoms with Crippen LogP contribution in [0.4, 0.5) is 0 Å². The first kappa shape index (κ1) is 16.8. The molecular formula is C17H22N4O2S. The molecular weight excluding hydrogens is 324 g/mol. The predicted molar refractivity (Wildman–Crippen MR) is 93.5 cm³/mol. The van der Waals surface area contributed by atoms with E-state index in [1.54, 1.807) is 6.26 Å². The molecule has 0 atom stereocenters. The molecule has 0 saturated heterocycles. The highest BCUT2D eigenvalue weighted by Crippen LogP contribution is 2.27. The van der Waals surface area contributed by atoms with Crippen molar-refractivity contribution >= 4 is 17.7 Å². The molecule has 2 heterocycles. The van der Waals surface area contributed by atoms with E-state index in [1.807, 2.05) is 36.4 Å². The van der Waals surface area contributed by atoms with E-state index < -0.39 is 0 Å². The highest BCUT2D eigenvalue weighted by atomic mass is 32.2. The average Bonchev–Trinajstić information content (AvgIpc) is 3.29. The van der Waals surface area contributed by atoms with Crippen molar-refractivity contribution in [2.24, 2.45) is 7.05 Å². The zero-order valence-corrected chi connectivity index (χ0v) is 15.1. The molecule has 0 N–H and O–H groups in total. The van der Waals surface area contributed by atoms with Crippen LogP contribution < -0.4 is 0 Å². The average molecular weight is 346 g/mol. The van der Waals surface area contributed by atoms with Crippen LogP contribution in [0.1, 0.15) is 31.9 Å². The number of amides is 1. The van der Waals surface area contributed by atoms with Crippen molar-refractivity contribution in [3.63, 3.8) is 0 Å². The lowest BCUT2D eigenvalue weighted by Crippen LogP contribution is -2.31. The first-order valence-corrected chi connectivity index (χ1v) is 9.16. The van der Waals surface area contributed by atoms with Gasteiger partial charge in [0.25, 0.3) is 0 Å². The van der Waals surface area contributed by atoms with Crippen LogP contribution >= 0.6 is 11.8 Å². The molecule has 0 radical (unpaired) electrons. The molecule has 128 valence electrons. The summed E-state index contributed by atoms with van der Waals surface area (Å²) in [6.45, 7) is 4.63. The van der Waals surface area contributed by atoms with Crippen molar-refractivity contribution in [2.45, 2.75) is 38.3 Å². The van der Waals surface area contributed by atoms with Crippen LogP contribution in [-0.4, -0.2) is 37.9 Å². The molecule has 0 aromatic carbocycles. The van der Waals surface area contributed by atoms with E-state index in [-0.39, 0.29) is 5.91 Å². The van der Waals surface area contributed by atoms with Gasteiger partial charge in [-0.1, -0.05) is 17.8 Å². The molecule has 7 heteroatoms. The number of aromatic nitrogens is 3.